The molecule has 4 heteroatoms. The molecular weight excluding hydrogens is 264 g/mol. The SMILES string of the molecule is CCCNCC1CCCN1CCOc1ccccc1OC. The largest absolute Gasteiger partial charge is 0.493 e. The second kappa shape index (κ2) is 8.90. The molecule has 0 radical (unpaired) electrons. The number of benzene rings is 1. The van der Waals surface area contributed by atoms with Gasteiger partial charge in [-0.2, -0.15) is 0 Å². The van der Waals surface area contributed by atoms with E-state index >= 15 is 0 Å². The molecule has 1 aliphatic rings. The summed E-state index contributed by atoms with van der Waals surface area (Å²) in [5, 5.41) is 3.53. The Labute approximate surface area is 128 Å². The van der Waals surface area contributed by atoms with E-state index in [2.05, 4.69) is 17.1 Å². The molecule has 0 bridgehead atoms. The highest BCUT2D eigenvalue weighted by Crippen LogP contribution is 2.25. The molecule has 1 aromatic rings. The van der Waals surface area contributed by atoms with Gasteiger partial charge in [0.1, 0.15) is 6.61 Å². The lowest BCUT2D eigenvalue weighted by molar-refractivity contribution is 0.190. The van der Waals surface area contributed by atoms with Gasteiger partial charge < -0.3 is 14.8 Å². The Hall–Kier alpha value is -1.26. The first kappa shape index (κ1) is 16.1. The number of para-hydroxylation sites is 2. The average molecular weight is 292 g/mol. The summed E-state index contributed by atoms with van der Waals surface area (Å²) in [7, 11) is 1.68. The number of nitrogens with one attached hydrogen (secondary N) is 1. The van der Waals surface area contributed by atoms with Crippen LogP contribution in [0.25, 0.3) is 0 Å². The van der Waals surface area contributed by atoms with Gasteiger partial charge in [0.15, 0.2) is 11.5 Å². The lowest BCUT2D eigenvalue weighted by Crippen LogP contribution is -2.40. The predicted molar refractivity (Wildman–Crippen MR) is 86.2 cm³/mol. The minimum Gasteiger partial charge on any atom is -0.493 e. The molecule has 2 rings (SSSR count). The Morgan fingerprint density at radius 3 is 2.86 bits per heavy atom. The van der Waals surface area contributed by atoms with Gasteiger partial charge in [0, 0.05) is 19.1 Å². The molecule has 0 spiro atoms. The van der Waals surface area contributed by atoms with Crippen molar-refractivity contribution in [3.8, 4) is 11.5 Å². The highest BCUT2D eigenvalue weighted by atomic mass is 16.5. The molecule has 1 aliphatic heterocycles. The van der Waals surface area contributed by atoms with Crippen molar-refractivity contribution in [2.75, 3.05) is 39.9 Å². The zero-order valence-electron chi connectivity index (χ0n) is 13.3. The van der Waals surface area contributed by atoms with E-state index in [0.717, 1.165) is 31.1 Å². The monoisotopic (exact) mass is 292 g/mol. The summed E-state index contributed by atoms with van der Waals surface area (Å²) < 4.78 is 11.2. The summed E-state index contributed by atoms with van der Waals surface area (Å²) in [5.41, 5.74) is 0. The fraction of sp³-hybridized carbons (Fsp3) is 0.647. The second-order valence-corrected chi connectivity index (χ2v) is 5.54. The van der Waals surface area contributed by atoms with Crippen LogP contribution in [-0.4, -0.2) is 50.8 Å². The molecule has 0 aromatic heterocycles. The van der Waals surface area contributed by atoms with Gasteiger partial charge in [-0.05, 0) is 44.5 Å². The fourth-order valence-electron chi connectivity index (χ4n) is 2.88. The van der Waals surface area contributed by atoms with Crippen molar-refractivity contribution < 1.29 is 9.47 Å². The van der Waals surface area contributed by atoms with Crippen LogP contribution in [0, 0.1) is 0 Å². The van der Waals surface area contributed by atoms with E-state index in [4.69, 9.17) is 9.47 Å². The van der Waals surface area contributed by atoms with Gasteiger partial charge >= 0.3 is 0 Å². The smallest absolute Gasteiger partial charge is 0.161 e. The van der Waals surface area contributed by atoms with Crippen LogP contribution < -0.4 is 14.8 Å². The van der Waals surface area contributed by atoms with Crippen LogP contribution in [0.15, 0.2) is 24.3 Å². The van der Waals surface area contributed by atoms with Crippen molar-refractivity contribution >= 4 is 0 Å². The van der Waals surface area contributed by atoms with Crippen LogP contribution in [0.4, 0.5) is 0 Å². The molecule has 0 saturated carbocycles. The van der Waals surface area contributed by atoms with Crippen LogP contribution in [0.5, 0.6) is 11.5 Å². The molecule has 1 unspecified atom stereocenters. The van der Waals surface area contributed by atoms with Gasteiger partial charge in [-0.15, -0.1) is 0 Å². The second-order valence-electron chi connectivity index (χ2n) is 5.54. The van der Waals surface area contributed by atoms with Gasteiger partial charge in [-0.25, -0.2) is 0 Å². The maximum Gasteiger partial charge on any atom is 0.161 e. The van der Waals surface area contributed by atoms with Crippen LogP contribution in [-0.2, 0) is 0 Å². The zero-order chi connectivity index (χ0) is 14.9. The van der Waals surface area contributed by atoms with Gasteiger partial charge in [-0.3, -0.25) is 4.90 Å². The molecule has 4 nitrogen and oxygen atoms in total. The lowest BCUT2D eigenvalue weighted by Gasteiger charge is -2.24. The van der Waals surface area contributed by atoms with Crippen molar-refractivity contribution in [3.63, 3.8) is 0 Å². The van der Waals surface area contributed by atoms with Crippen molar-refractivity contribution in [2.45, 2.75) is 32.2 Å². The number of ether oxygens (including phenoxy) is 2. The summed E-state index contributed by atoms with van der Waals surface area (Å²) >= 11 is 0. The van der Waals surface area contributed by atoms with E-state index in [1.54, 1.807) is 7.11 Å². The lowest BCUT2D eigenvalue weighted by atomic mass is 10.2. The number of hydrogen-bond donors (Lipinski definition) is 1. The standard InChI is InChI=1S/C17H28N2O2/c1-3-10-18-14-15-7-6-11-19(15)12-13-21-17-9-5-4-8-16(17)20-2/h4-5,8-9,15,18H,3,6-7,10-14H2,1-2H3. The highest BCUT2D eigenvalue weighted by molar-refractivity contribution is 5.39. The van der Waals surface area contributed by atoms with Crippen LogP contribution in [0.1, 0.15) is 26.2 Å². The molecule has 118 valence electrons. The first-order chi connectivity index (χ1) is 10.3. The molecule has 0 amide bonds. The van der Waals surface area contributed by atoms with E-state index < -0.39 is 0 Å². The molecule has 1 saturated heterocycles. The first-order valence-electron chi connectivity index (χ1n) is 8.05. The van der Waals surface area contributed by atoms with Gasteiger partial charge in [0.2, 0.25) is 0 Å². The first-order valence-corrected chi connectivity index (χ1v) is 8.05. The average Bonchev–Trinajstić information content (AvgIpc) is 2.96. The Morgan fingerprint density at radius 1 is 1.29 bits per heavy atom. The molecule has 21 heavy (non-hydrogen) atoms. The number of nitrogens with zero attached hydrogens (tertiary/aromatic N) is 1. The topological polar surface area (TPSA) is 33.7 Å². The van der Waals surface area contributed by atoms with E-state index in [9.17, 15) is 0 Å². The molecule has 1 aromatic carbocycles. The van der Waals surface area contributed by atoms with Crippen molar-refractivity contribution in [1.82, 2.24) is 10.2 Å². The number of methoxy groups -OCH3 is 1. The summed E-state index contributed by atoms with van der Waals surface area (Å²) in [6, 6.07) is 8.50. The molecule has 1 N–H and O–H groups in total. The highest BCUT2D eigenvalue weighted by Gasteiger charge is 2.23. The third-order valence-corrected chi connectivity index (χ3v) is 4.01. The normalized spacial score (nSPS) is 18.9. The summed E-state index contributed by atoms with van der Waals surface area (Å²) in [5.74, 6) is 1.64. The third-order valence-electron chi connectivity index (χ3n) is 4.01. The maximum atomic E-state index is 5.88. The fourth-order valence-corrected chi connectivity index (χ4v) is 2.88. The quantitative estimate of drug-likeness (QED) is 0.709. The van der Waals surface area contributed by atoms with Gasteiger partial charge in [0.25, 0.3) is 0 Å². The van der Waals surface area contributed by atoms with Crippen LogP contribution in [0.2, 0.25) is 0 Å². The maximum absolute atomic E-state index is 5.88. The van der Waals surface area contributed by atoms with E-state index in [1.165, 1.54) is 25.8 Å². The van der Waals surface area contributed by atoms with E-state index in [0.29, 0.717) is 12.6 Å². The molecule has 1 atom stereocenters. The Bertz CT molecular complexity index is 412. The summed E-state index contributed by atoms with van der Waals surface area (Å²) in [4.78, 5) is 2.54. The number of rotatable bonds is 9. The van der Waals surface area contributed by atoms with Gasteiger partial charge in [0.05, 0.1) is 7.11 Å². The van der Waals surface area contributed by atoms with Crippen LogP contribution in [0.3, 0.4) is 0 Å². The van der Waals surface area contributed by atoms with E-state index in [1.807, 2.05) is 24.3 Å². The summed E-state index contributed by atoms with van der Waals surface area (Å²) in [6.45, 7) is 7.31. The van der Waals surface area contributed by atoms with E-state index in [-0.39, 0.29) is 0 Å². The molecule has 1 fully saturated rings. The number of likely N-dealkylation sites (tertiary alicyclic amines) is 1. The Kier molecular flexibility index (Phi) is 6.83. The van der Waals surface area contributed by atoms with Crippen molar-refractivity contribution in [3.05, 3.63) is 24.3 Å². The van der Waals surface area contributed by atoms with Crippen molar-refractivity contribution in [1.29, 1.82) is 0 Å². The number of hydrogen-bond acceptors (Lipinski definition) is 4. The molecule has 0 aliphatic carbocycles. The molecular formula is C17H28N2O2. The van der Waals surface area contributed by atoms with Crippen molar-refractivity contribution in [2.24, 2.45) is 0 Å². The Balaban J connectivity index is 1.74. The predicted octanol–water partition coefficient (Wildman–Crippen LogP) is 2.54. The minimum absolute atomic E-state index is 0.665. The van der Waals surface area contributed by atoms with Crippen LogP contribution >= 0.6 is 0 Å². The third kappa shape index (κ3) is 4.90. The zero-order valence-corrected chi connectivity index (χ0v) is 13.3. The Morgan fingerprint density at radius 2 is 2.10 bits per heavy atom. The minimum atomic E-state index is 0.665. The molecule has 1 heterocycles. The van der Waals surface area contributed by atoms with Gasteiger partial charge in [-0.1, -0.05) is 19.1 Å². The summed E-state index contributed by atoms with van der Waals surface area (Å²) in [6.07, 6.45) is 3.79.